The van der Waals surface area contributed by atoms with Crippen LogP contribution in [0, 0.1) is 0 Å². The number of rotatable bonds is 2. The van der Waals surface area contributed by atoms with E-state index in [1.54, 1.807) is 6.92 Å². The molecule has 2 aromatic rings. The predicted octanol–water partition coefficient (Wildman–Crippen LogP) is 1.21. The van der Waals surface area contributed by atoms with Crippen molar-refractivity contribution in [2.24, 2.45) is 0 Å². The van der Waals surface area contributed by atoms with E-state index in [0.29, 0.717) is 10.6 Å². The van der Waals surface area contributed by atoms with Crippen LogP contribution in [0.3, 0.4) is 0 Å². The van der Waals surface area contributed by atoms with Gasteiger partial charge in [-0.25, -0.2) is 14.3 Å². The van der Waals surface area contributed by atoms with E-state index in [0.717, 1.165) is 12.3 Å². The van der Waals surface area contributed by atoms with E-state index in [1.165, 1.54) is 0 Å². The second-order valence-corrected chi connectivity index (χ2v) is 4.15. The summed E-state index contributed by atoms with van der Waals surface area (Å²) in [6.45, 7) is 1.59. The summed E-state index contributed by atoms with van der Waals surface area (Å²) in [7, 11) is 0. The van der Waals surface area contributed by atoms with Crippen LogP contribution < -0.4 is 11.2 Å². The van der Waals surface area contributed by atoms with Crippen LogP contribution in [-0.2, 0) is 12.6 Å². The topological polar surface area (TPSA) is 88.0 Å². The first kappa shape index (κ1) is 14.8. The molecule has 2 heterocycles. The van der Waals surface area contributed by atoms with Crippen molar-refractivity contribution in [2.45, 2.75) is 19.5 Å². The minimum Gasteiger partial charge on any atom is -0.494 e. The smallest absolute Gasteiger partial charge is 0.433 e. The maximum atomic E-state index is 12.4. The molecule has 0 aromatic carbocycles. The minimum atomic E-state index is -4.61. The zero-order valence-corrected chi connectivity index (χ0v) is 10.7. The zero-order valence-electron chi connectivity index (χ0n) is 10.7. The Balaban J connectivity index is 2.63. The summed E-state index contributed by atoms with van der Waals surface area (Å²) in [5.74, 6) is -0.618. The number of nitrogens with zero attached hydrogens (tertiary/aromatic N) is 2. The number of hydrogen-bond donors (Lipinski definition) is 2. The largest absolute Gasteiger partial charge is 0.494 e. The van der Waals surface area contributed by atoms with Crippen LogP contribution in [0.25, 0.3) is 5.69 Å². The molecule has 0 fully saturated rings. The molecular formula is C12H10F3N3O3. The van der Waals surface area contributed by atoms with E-state index >= 15 is 0 Å². The minimum absolute atomic E-state index is 0.0468. The second-order valence-electron chi connectivity index (χ2n) is 4.15. The molecule has 9 heteroatoms. The molecule has 0 unspecified atom stereocenters. The Hall–Kier alpha value is -2.58. The summed E-state index contributed by atoms with van der Waals surface area (Å²) in [5, 5.41) is 9.93. The fourth-order valence-electron chi connectivity index (χ4n) is 1.81. The maximum absolute atomic E-state index is 12.4. The molecule has 2 N–H and O–H groups in total. The Morgan fingerprint density at radius 1 is 1.33 bits per heavy atom. The van der Waals surface area contributed by atoms with Gasteiger partial charge in [-0.15, -0.1) is 0 Å². The van der Waals surface area contributed by atoms with Crippen molar-refractivity contribution >= 4 is 0 Å². The Labute approximate surface area is 115 Å². The average molecular weight is 301 g/mol. The van der Waals surface area contributed by atoms with E-state index in [9.17, 15) is 27.9 Å². The first-order chi connectivity index (χ1) is 9.75. The highest BCUT2D eigenvalue weighted by atomic mass is 19.4. The van der Waals surface area contributed by atoms with E-state index in [2.05, 4.69) is 4.98 Å². The number of pyridine rings is 1. The number of H-pyrrole nitrogens is 1. The third-order valence-corrected chi connectivity index (χ3v) is 2.83. The molecule has 112 valence electrons. The molecule has 0 aliphatic carbocycles. The van der Waals surface area contributed by atoms with Gasteiger partial charge in [0.1, 0.15) is 5.69 Å². The third kappa shape index (κ3) is 2.67. The number of aromatic hydroxyl groups is 1. The average Bonchev–Trinajstić information content (AvgIpc) is 2.38. The standard InChI is InChI=1S/C12H10F3N3O3/c1-2-7-9(19)17-11(21)18(10(7)20)6-3-4-8(16-5-6)12(13,14)15/h3-5,20H,2H2,1H3,(H,17,19,21). The van der Waals surface area contributed by atoms with E-state index in [4.69, 9.17) is 0 Å². The molecule has 0 aliphatic heterocycles. The highest BCUT2D eigenvalue weighted by molar-refractivity contribution is 5.37. The fourth-order valence-corrected chi connectivity index (χ4v) is 1.81. The number of nitrogens with one attached hydrogen (secondary N) is 1. The Bertz CT molecular complexity index is 776. The molecule has 0 saturated heterocycles. The monoisotopic (exact) mass is 301 g/mol. The lowest BCUT2D eigenvalue weighted by Gasteiger charge is -2.11. The second kappa shape index (κ2) is 5.08. The Morgan fingerprint density at radius 3 is 2.48 bits per heavy atom. The molecule has 0 amide bonds. The summed E-state index contributed by atoms with van der Waals surface area (Å²) in [4.78, 5) is 28.4. The number of aromatic amines is 1. The van der Waals surface area contributed by atoms with E-state index in [-0.39, 0.29) is 17.7 Å². The van der Waals surface area contributed by atoms with E-state index in [1.807, 2.05) is 4.98 Å². The molecule has 0 bridgehead atoms. The molecule has 21 heavy (non-hydrogen) atoms. The predicted molar refractivity (Wildman–Crippen MR) is 66.5 cm³/mol. The lowest BCUT2D eigenvalue weighted by atomic mass is 10.2. The van der Waals surface area contributed by atoms with Crippen molar-refractivity contribution in [3.63, 3.8) is 0 Å². The molecule has 2 rings (SSSR count). The molecule has 0 saturated carbocycles. The van der Waals surface area contributed by atoms with Crippen LogP contribution in [0.2, 0.25) is 0 Å². The van der Waals surface area contributed by atoms with Gasteiger partial charge in [-0.1, -0.05) is 6.92 Å². The van der Waals surface area contributed by atoms with Gasteiger partial charge in [0.2, 0.25) is 5.88 Å². The van der Waals surface area contributed by atoms with Gasteiger partial charge in [0, 0.05) is 0 Å². The molecule has 0 radical (unpaired) electrons. The van der Waals surface area contributed by atoms with Gasteiger partial charge in [0.15, 0.2) is 0 Å². The number of hydrogen-bond acceptors (Lipinski definition) is 4. The molecule has 0 spiro atoms. The van der Waals surface area contributed by atoms with Gasteiger partial charge in [-0.2, -0.15) is 13.2 Å². The van der Waals surface area contributed by atoms with Crippen LogP contribution in [0.15, 0.2) is 27.9 Å². The fraction of sp³-hybridized carbons (Fsp3) is 0.250. The van der Waals surface area contributed by atoms with Crippen molar-refractivity contribution in [1.29, 1.82) is 0 Å². The van der Waals surface area contributed by atoms with Gasteiger partial charge >= 0.3 is 11.9 Å². The number of halogens is 3. The lowest BCUT2D eigenvalue weighted by Crippen LogP contribution is -2.31. The van der Waals surface area contributed by atoms with Crippen LogP contribution in [0.4, 0.5) is 13.2 Å². The van der Waals surface area contributed by atoms with E-state index < -0.39 is 29.0 Å². The zero-order chi connectivity index (χ0) is 15.8. The summed E-state index contributed by atoms with van der Waals surface area (Å²) in [6, 6.07) is 1.66. The summed E-state index contributed by atoms with van der Waals surface area (Å²) >= 11 is 0. The normalized spacial score (nSPS) is 11.6. The first-order valence-electron chi connectivity index (χ1n) is 5.86. The van der Waals surface area contributed by atoms with Crippen molar-refractivity contribution in [2.75, 3.05) is 0 Å². The van der Waals surface area contributed by atoms with Crippen molar-refractivity contribution in [3.8, 4) is 11.6 Å². The van der Waals surface area contributed by atoms with Crippen LogP contribution in [0.1, 0.15) is 18.2 Å². The third-order valence-electron chi connectivity index (χ3n) is 2.83. The van der Waals surface area contributed by atoms with Gasteiger partial charge in [0.05, 0.1) is 17.4 Å². The van der Waals surface area contributed by atoms with Crippen molar-refractivity contribution in [3.05, 3.63) is 50.4 Å². The van der Waals surface area contributed by atoms with Crippen molar-refractivity contribution < 1.29 is 18.3 Å². The van der Waals surface area contributed by atoms with Crippen LogP contribution in [-0.4, -0.2) is 19.6 Å². The molecule has 2 aromatic heterocycles. The summed E-state index contributed by atoms with van der Waals surface area (Å²) in [6.07, 6.45) is -3.66. The van der Waals surface area contributed by atoms with Crippen LogP contribution in [0.5, 0.6) is 5.88 Å². The molecule has 6 nitrogen and oxygen atoms in total. The van der Waals surface area contributed by atoms with Crippen molar-refractivity contribution in [1.82, 2.24) is 14.5 Å². The van der Waals surface area contributed by atoms with Gasteiger partial charge < -0.3 is 5.11 Å². The highest BCUT2D eigenvalue weighted by Gasteiger charge is 2.32. The lowest BCUT2D eigenvalue weighted by molar-refractivity contribution is -0.141. The number of alkyl halides is 3. The molecular weight excluding hydrogens is 291 g/mol. The van der Waals surface area contributed by atoms with Crippen LogP contribution >= 0.6 is 0 Å². The Morgan fingerprint density at radius 2 is 2.00 bits per heavy atom. The Kier molecular flexibility index (Phi) is 3.58. The quantitative estimate of drug-likeness (QED) is 0.872. The summed E-state index contributed by atoms with van der Waals surface area (Å²) in [5.41, 5.74) is -2.96. The van der Waals surface area contributed by atoms with Gasteiger partial charge in [-0.3, -0.25) is 9.78 Å². The maximum Gasteiger partial charge on any atom is 0.433 e. The molecule has 0 aliphatic rings. The van der Waals surface area contributed by atoms with Gasteiger partial charge in [-0.05, 0) is 18.6 Å². The SMILES string of the molecule is CCc1c(O)n(-c2ccc(C(F)(F)F)nc2)c(=O)[nH]c1=O. The van der Waals surface area contributed by atoms with Gasteiger partial charge in [0.25, 0.3) is 5.56 Å². The first-order valence-corrected chi connectivity index (χ1v) is 5.86. The highest BCUT2D eigenvalue weighted by Crippen LogP contribution is 2.28. The number of aromatic nitrogens is 3. The summed E-state index contributed by atoms with van der Waals surface area (Å²) < 4.78 is 38.0. The molecule has 0 atom stereocenters.